The zero-order valence-electron chi connectivity index (χ0n) is 27.7. The highest BCUT2D eigenvalue weighted by Gasteiger charge is 2.38. The maximum absolute atomic E-state index is 5.41. The van der Waals surface area contributed by atoms with E-state index in [1.165, 1.54) is 75.5 Å². The first-order chi connectivity index (χ1) is 23.8. The van der Waals surface area contributed by atoms with Crippen molar-refractivity contribution < 1.29 is 0 Å². The normalized spacial score (nSPS) is 15.3. The van der Waals surface area contributed by atoms with Gasteiger partial charge in [0.1, 0.15) is 11.0 Å². The Morgan fingerprint density at radius 2 is 1.00 bits per heavy atom. The summed E-state index contributed by atoms with van der Waals surface area (Å²) in [5.41, 5.74) is 13.2. The molecule has 2 aromatic heterocycles. The largest absolute Gasteiger partial charge is 0.224 e. The minimum atomic E-state index is -0.110. The summed E-state index contributed by atoms with van der Waals surface area (Å²) in [6, 6.07) is 42.6. The number of rotatable bonds is 1. The Balaban J connectivity index is 1.26. The van der Waals surface area contributed by atoms with Gasteiger partial charge in [0.25, 0.3) is 0 Å². The molecule has 2 heterocycles. The Morgan fingerprint density at radius 1 is 0.429 bits per heavy atom. The Bertz CT molecular complexity index is 2950. The van der Waals surface area contributed by atoms with E-state index in [2.05, 4.69) is 143 Å². The summed E-state index contributed by atoms with van der Waals surface area (Å²) in [5, 5.41) is 17.1. The molecule has 4 heteroatoms. The van der Waals surface area contributed by atoms with Gasteiger partial charge in [0, 0.05) is 47.3 Å². The van der Waals surface area contributed by atoms with E-state index in [1.54, 1.807) is 0 Å². The summed E-state index contributed by atoms with van der Waals surface area (Å²) >= 11 is 1.83. The van der Waals surface area contributed by atoms with Crippen molar-refractivity contribution in [1.29, 1.82) is 0 Å². The highest BCUT2D eigenvalue weighted by Crippen LogP contribution is 2.54. The quantitative estimate of drug-likeness (QED) is 0.167. The van der Waals surface area contributed by atoms with Crippen molar-refractivity contribution in [2.45, 2.75) is 38.5 Å². The molecule has 0 unspecified atom stereocenters. The molecule has 11 rings (SSSR count). The first-order valence-corrected chi connectivity index (χ1v) is 17.8. The molecule has 0 radical (unpaired) electrons. The van der Waals surface area contributed by atoms with Gasteiger partial charge < -0.3 is 0 Å². The number of benzene rings is 7. The van der Waals surface area contributed by atoms with Gasteiger partial charge in [0.2, 0.25) is 0 Å². The van der Waals surface area contributed by atoms with Crippen LogP contribution in [-0.4, -0.2) is 15.2 Å². The van der Waals surface area contributed by atoms with Crippen molar-refractivity contribution >= 4 is 64.1 Å². The van der Waals surface area contributed by atoms with Crippen molar-refractivity contribution in [3.8, 4) is 33.6 Å². The van der Waals surface area contributed by atoms with Crippen LogP contribution in [0.15, 0.2) is 115 Å². The third-order valence-electron chi connectivity index (χ3n) is 11.6. The van der Waals surface area contributed by atoms with Crippen LogP contribution < -0.4 is 0 Å². The van der Waals surface area contributed by atoms with Gasteiger partial charge in [0.15, 0.2) is 5.82 Å². The third kappa shape index (κ3) is 3.49. The summed E-state index contributed by atoms with van der Waals surface area (Å²) in [6.45, 7) is 9.42. The molecule has 7 aromatic carbocycles. The molecule has 0 saturated heterocycles. The summed E-state index contributed by atoms with van der Waals surface area (Å²) in [4.78, 5) is 5.41. The van der Waals surface area contributed by atoms with E-state index >= 15 is 0 Å². The van der Waals surface area contributed by atoms with Crippen molar-refractivity contribution in [2.75, 3.05) is 0 Å². The number of nitrogens with zero attached hydrogens (tertiary/aromatic N) is 3. The monoisotopic (exact) mass is 645 g/mol. The van der Waals surface area contributed by atoms with Crippen molar-refractivity contribution in [3.05, 3.63) is 138 Å². The molecule has 2 aliphatic carbocycles. The second-order valence-electron chi connectivity index (χ2n) is 14.9. The topological polar surface area (TPSA) is 38.7 Å². The molecular weight excluding hydrogens is 615 g/mol. The fraction of sp³-hybridized carbons (Fsp3) is 0.133. The zero-order chi connectivity index (χ0) is 32.8. The lowest BCUT2D eigenvalue weighted by Gasteiger charge is -2.23. The number of thiophene rings is 1. The second-order valence-corrected chi connectivity index (χ2v) is 16.0. The summed E-state index contributed by atoms with van der Waals surface area (Å²) < 4.78 is 2.56. The molecule has 232 valence electrons. The molecule has 0 aliphatic heterocycles. The molecule has 0 saturated carbocycles. The van der Waals surface area contributed by atoms with E-state index in [4.69, 9.17) is 15.2 Å². The van der Waals surface area contributed by atoms with Gasteiger partial charge in [0.05, 0.1) is 0 Å². The summed E-state index contributed by atoms with van der Waals surface area (Å²) in [7, 11) is 0. The Morgan fingerprint density at radius 3 is 1.67 bits per heavy atom. The third-order valence-corrected chi connectivity index (χ3v) is 12.7. The number of hydrogen-bond acceptors (Lipinski definition) is 4. The van der Waals surface area contributed by atoms with Gasteiger partial charge in [-0.2, -0.15) is 0 Å². The minimum absolute atomic E-state index is 0.105. The standard InChI is InChI=1S/C45H31N3S/c1-44(2)35-14-8-5-11-25(35)30-20-33-28(22-37(30)44)29-23-38-31(26-12-6-9-15-36(26)45(38,3)4)21-34(29)42-41(33)46-43(48-47-42)24-17-18-40-32(19-24)27-13-7-10-16-39(27)49-40/h5-23H,1-4H3. The molecule has 0 bridgehead atoms. The molecule has 0 atom stereocenters. The summed E-state index contributed by atoms with van der Waals surface area (Å²) in [5.74, 6) is 0.652. The van der Waals surface area contributed by atoms with Gasteiger partial charge in [-0.05, 0) is 104 Å². The first-order valence-electron chi connectivity index (χ1n) is 17.0. The second kappa shape index (κ2) is 9.16. The molecular formula is C45H31N3S. The van der Waals surface area contributed by atoms with E-state index in [0.29, 0.717) is 5.82 Å². The van der Waals surface area contributed by atoms with Crippen LogP contribution in [0, 0.1) is 0 Å². The molecule has 0 spiro atoms. The van der Waals surface area contributed by atoms with Crippen molar-refractivity contribution in [3.63, 3.8) is 0 Å². The van der Waals surface area contributed by atoms with Crippen molar-refractivity contribution in [2.24, 2.45) is 0 Å². The van der Waals surface area contributed by atoms with Gasteiger partial charge in [-0.1, -0.05) is 94.4 Å². The van der Waals surface area contributed by atoms with E-state index in [-0.39, 0.29) is 10.8 Å². The average Bonchev–Trinajstić information content (AvgIpc) is 3.69. The maximum atomic E-state index is 5.41. The lowest BCUT2D eigenvalue weighted by Crippen LogP contribution is -2.15. The van der Waals surface area contributed by atoms with E-state index in [1.807, 2.05) is 11.3 Å². The highest BCUT2D eigenvalue weighted by molar-refractivity contribution is 7.25. The van der Waals surface area contributed by atoms with E-state index < -0.39 is 0 Å². The molecule has 0 fully saturated rings. The highest BCUT2D eigenvalue weighted by atomic mass is 32.1. The Kier molecular flexibility index (Phi) is 5.14. The molecule has 0 N–H and O–H groups in total. The Hall–Kier alpha value is -5.45. The SMILES string of the molecule is CC1(C)c2ccccc2-c2cc3c(cc21)c1cc2c(cc1c1nc(-c4ccc5sc6ccccc6c5c4)nnc31)-c1ccccc1C2(C)C. The summed E-state index contributed by atoms with van der Waals surface area (Å²) in [6.07, 6.45) is 0. The van der Waals surface area contributed by atoms with Crippen LogP contribution in [0.3, 0.4) is 0 Å². The molecule has 9 aromatic rings. The van der Waals surface area contributed by atoms with Gasteiger partial charge >= 0.3 is 0 Å². The van der Waals surface area contributed by atoms with Crippen LogP contribution >= 0.6 is 11.3 Å². The lowest BCUT2D eigenvalue weighted by atomic mass is 9.80. The predicted octanol–water partition coefficient (Wildman–Crippen LogP) is 12.0. The zero-order valence-corrected chi connectivity index (χ0v) is 28.5. The number of hydrogen-bond donors (Lipinski definition) is 0. The molecule has 0 amide bonds. The lowest BCUT2D eigenvalue weighted by molar-refractivity contribution is 0.660. The van der Waals surface area contributed by atoms with Crippen LogP contribution in [0.4, 0.5) is 0 Å². The molecule has 49 heavy (non-hydrogen) atoms. The van der Waals surface area contributed by atoms with Crippen LogP contribution in [0.1, 0.15) is 49.9 Å². The maximum Gasteiger partial charge on any atom is 0.182 e. The average molecular weight is 646 g/mol. The van der Waals surface area contributed by atoms with Gasteiger partial charge in [-0.3, -0.25) is 0 Å². The fourth-order valence-electron chi connectivity index (χ4n) is 9.02. The first kappa shape index (κ1) is 27.5. The smallest absolute Gasteiger partial charge is 0.182 e. The van der Waals surface area contributed by atoms with E-state index in [0.717, 1.165) is 27.4 Å². The van der Waals surface area contributed by atoms with Crippen LogP contribution in [0.25, 0.3) is 86.4 Å². The van der Waals surface area contributed by atoms with E-state index in [9.17, 15) is 0 Å². The van der Waals surface area contributed by atoms with Crippen LogP contribution in [-0.2, 0) is 10.8 Å². The van der Waals surface area contributed by atoms with Gasteiger partial charge in [-0.25, -0.2) is 4.98 Å². The van der Waals surface area contributed by atoms with Crippen molar-refractivity contribution in [1.82, 2.24) is 15.2 Å². The predicted molar refractivity (Wildman–Crippen MR) is 206 cm³/mol. The van der Waals surface area contributed by atoms with Gasteiger partial charge in [-0.15, -0.1) is 21.5 Å². The Labute approximate surface area is 287 Å². The molecule has 3 nitrogen and oxygen atoms in total. The minimum Gasteiger partial charge on any atom is -0.224 e. The molecule has 2 aliphatic rings. The van der Waals surface area contributed by atoms with Crippen LogP contribution in [0.5, 0.6) is 0 Å². The fourth-order valence-corrected chi connectivity index (χ4v) is 10.1. The van der Waals surface area contributed by atoms with Crippen LogP contribution in [0.2, 0.25) is 0 Å². The number of aromatic nitrogens is 3. The number of fused-ring (bicyclic) bond motifs is 15.